The number of imidazole rings is 1. The summed E-state index contributed by atoms with van der Waals surface area (Å²) in [6.45, 7) is 4.22. The number of nitrogens with one attached hydrogen (secondary N) is 9. The molecule has 9 amide bonds. The van der Waals surface area contributed by atoms with Gasteiger partial charge in [-0.2, -0.15) is 0 Å². The minimum Gasteiger partial charge on any atom is -0.508 e. The number of carbonyl (C=O) groups is 11. The summed E-state index contributed by atoms with van der Waals surface area (Å²) in [6, 6.07) is 2.76. The molecule has 1 aromatic heterocycles. The minimum absolute atomic E-state index is 0.122. The summed E-state index contributed by atoms with van der Waals surface area (Å²) in [5.74, 6) is -10.1. The molecule has 0 radical (unpaired) electrons. The Morgan fingerprint density at radius 3 is 1.89 bits per heavy atom. The van der Waals surface area contributed by atoms with Crippen LogP contribution in [0.5, 0.6) is 5.75 Å². The maximum Gasteiger partial charge on any atom is 0.336 e. The molecule has 0 saturated heterocycles. The van der Waals surface area contributed by atoms with Gasteiger partial charge in [-0.3, -0.25) is 52.7 Å². The highest BCUT2D eigenvalue weighted by Crippen LogP contribution is 2.42. The van der Waals surface area contributed by atoms with Crippen LogP contribution in [0.1, 0.15) is 92.6 Å². The quantitative estimate of drug-likeness (QED) is 0.0203. The molecule has 2 aromatic carbocycles. The first-order chi connectivity index (χ1) is 38.4. The van der Waals surface area contributed by atoms with Crippen molar-refractivity contribution in [2.24, 2.45) is 5.73 Å². The molecule has 5 rings (SSSR count). The monoisotopic (exact) mass is 1130 g/mol. The number of aromatic nitrogens is 2. The van der Waals surface area contributed by atoms with E-state index >= 15 is 0 Å². The Kier molecular flexibility index (Phi) is 22.1. The third-order valence-corrected chi connectivity index (χ3v) is 12.6. The number of nitrogens with two attached hydrogens (primary N) is 1. The maximum atomic E-state index is 13.4. The number of carbonyl (C=O) groups excluding carboxylic acids is 9. The van der Waals surface area contributed by atoms with Crippen molar-refractivity contribution in [1.82, 2.24) is 52.5 Å². The molecule has 81 heavy (non-hydrogen) atoms. The fourth-order valence-corrected chi connectivity index (χ4v) is 8.29. The topological polar surface area (TPSA) is 450 Å². The number of benzene rings is 3. The van der Waals surface area contributed by atoms with Gasteiger partial charge in [-0.25, -0.2) is 9.78 Å². The summed E-state index contributed by atoms with van der Waals surface area (Å²) < 4.78 is 5.89. The van der Waals surface area contributed by atoms with E-state index in [0.717, 1.165) is 0 Å². The lowest BCUT2D eigenvalue weighted by Gasteiger charge is -2.25. The van der Waals surface area contributed by atoms with Crippen molar-refractivity contribution in [3.05, 3.63) is 94.2 Å². The van der Waals surface area contributed by atoms with Gasteiger partial charge in [0.1, 0.15) is 59.4 Å². The smallest absolute Gasteiger partial charge is 0.336 e. The number of aliphatic hydroxyl groups excluding tert-OH is 1. The first-order valence-corrected chi connectivity index (χ1v) is 25.4. The summed E-state index contributed by atoms with van der Waals surface area (Å²) in [4.78, 5) is 159. The molecule has 0 bridgehead atoms. The molecule has 0 unspecified atom stereocenters. The molecule has 0 fully saturated rings. The lowest BCUT2D eigenvalue weighted by molar-refractivity contribution is -0.138. The Morgan fingerprint density at radius 2 is 1.28 bits per heavy atom. The molecule has 1 aliphatic heterocycles. The Balaban J connectivity index is 1.09. The van der Waals surface area contributed by atoms with Crippen molar-refractivity contribution in [3.8, 4) is 28.2 Å². The summed E-state index contributed by atoms with van der Waals surface area (Å²) in [5.41, 5.74) is 6.31. The van der Waals surface area contributed by atoms with E-state index in [0.29, 0.717) is 35.8 Å². The van der Waals surface area contributed by atoms with Crippen LogP contribution in [0.15, 0.2) is 76.3 Å². The fourth-order valence-electron chi connectivity index (χ4n) is 8.29. The van der Waals surface area contributed by atoms with Crippen LogP contribution in [-0.4, -0.2) is 151 Å². The fraction of sp³-hybridized carbons (Fsp3) is 0.377. The number of amides is 9. The maximum absolute atomic E-state index is 13.4. The third-order valence-electron chi connectivity index (χ3n) is 12.6. The highest BCUT2D eigenvalue weighted by Gasteiger charge is 2.32. The summed E-state index contributed by atoms with van der Waals surface area (Å²) in [5, 5.41) is 59.3. The van der Waals surface area contributed by atoms with Crippen molar-refractivity contribution >= 4 is 76.1 Å². The lowest BCUT2D eigenvalue weighted by atomic mass is 9.89. The average Bonchev–Trinajstić information content (AvgIpc) is 4.02. The lowest BCUT2D eigenvalue weighted by Crippen LogP contribution is -2.60. The van der Waals surface area contributed by atoms with Crippen LogP contribution in [-0.2, 0) is 49.6 Å². The van der Waals surface area contributed by atoms with E-state index in [2.05, 4.69) is 52.5 Å². The summed E-state index contributed by atoms with van der Waals surface area (Å²) in [7, 11) is 0. The molecule has 3 aromatic rings. The second kappa shape index (κ2) is 28.8. The average molecular weight is 1130 g/mol. The number of carboxylic acids is 2. The van der Waals surface area contributed by atoms with E-state index in [-0.39, 0.29) is 70.7 Å². The molecule has 0 saturated carbocycles. The molecular formula is C53H63N11O17. The molecule has 2 aliphatic rings. The number of aliphatic hydroxyl groups is 1. The Hall–Kier alpha value is -9.73. The Labute approximate surface area is 461 Å². The number of rotatable bonds is 29. The number of H-pyrrole nitrogens is 1. The van der Waals surface area contributed by atoms with Gasteiger partial charge in [0.05, 0.1) is 24.2 Å². The van der Waals surface area contributed by atoms with Gasteiger partial charge in [0.2, 0.25) is 47.3 Å². The molecule has 15 N–H and O–H groups in total. The number of primary amides is 1. The number of phenols is 1. The van der Waals surface area contributed by atoms with Crippen LogP contribution >= 0.6 is 0 Å². The molecule has 1 aliphatic carbocycles. The van der Waals surface area contributed by atoms with Gasteiger partial charge in [0.15, 0.2) is 5.43 Å². The first kappa shape index (κ1) is 62.1. The number of fused-ring (bicyclic) bond motifs is 2. The number of hydrogen-bond donors (Lipinski definition) is 14. The van der Waals surface area contributed by atoms with Crippen LogP contribution in [0.4, 0.5) is 0 Å². The van der Waals surface area contributed by atoms with Crippen LogP contribution in [0, 0.1) is 0 Å². The van der Waals surface area contributed by atoms with Gasteiger partial charge in [-0.1, -0.05) is 12.8 Å². The van der Waals surface area contributed by atoms with Crippen molar-refractivity contribution in [3.63, 3.8) is 0 Å². The van der Waals surface area contributed by atoms with Crippen molar-refractivity contribution in [2.75, 3.05) is 13.2 Å². The van der Waals surface area contributed by atoms with Gasteiger partial charge in [0.25, 0.3) is 5.91 Å². The molecule has 28 nitrogen and oxygen atoms in total. The molecule has 28 heteroatoms. The predicted octanol–water partition coefficient (Wildman–Crippen LogP) is -0.960. The number of aliphatic carboxylic acids is 1. The Morgan fingerprint density at radius 1 is 0.667 bits per heavy atom. The standard InChI is InChI=1S/C53H63N11O17/c1-25(46(72)59-27(3)48(74)64-40(23-65)52(78)63-39(19-30-22-55-24-57-30)51(77)62-37(45(54)71)15-16-43(69)70)58-47(73)26(2)60-50(76)38(61-28(4)66)8-6-5-7-17-56-49(75)29-9-12-33(53(79)80)36(18-29)44-34-13-10-31(67)20-41(34)81-42-21-32(68)11-14-35(42)44/h9-14,18,20-22,24-27,37-40,65,67H,5-8,15-17,19,23H2,1-4H3,(H2,54,71)(H,55,57)(H,56,75)(H,58,73)(H,59,72)(H,60,76)(H,61,66)(H,62,77)(H,63,78)(H,64,74)(H,69,70)(H,79,80)/t25-,26-,27-,37-,38-,39-,40-/m1/s1. The van der Waals surface area contributed by atoms with Gasteiger partial charge in [0, 0.05) is 66.7 Å². The van der Waals surface area contributed by atoms with E-state index in [9.17, 15) is 72.9 Å². The highest BCUT2D eigenvalue weighted by atomic mass is 16.4. The van der Waals surface area contributed by atoms with E-state index in [1.807, 2.05) is 0 Å². The normalized spacial score (nSPS) is 13.6. The van der Waals surface area contributed by atoms with Crippen LogP contribution in [0.25, 0.3) is 33.4 Å². The first-order valence-electron chi connectivity index (χ1n) is 25.4. The van der Waals surface area contributed by atoms with E-state index in [1.165, 1.54) is 94.8 Å². The van der Waals surface area contributed by atoms with E-state index in [1.54, 1.807) is 0 Å². The van der Waals surface area contributed by atoms with Crippen LogP contribution < -0.4 is 53.7 Å². The van der Waals surface area contributed by atoms with E-state index in [4.69, 9.17) is 15.3 Å². The second-order valence-corrected chi connectivity index (χ2v) is 18.9. The number of hydrogen-bond acceptors (Lipinski definition) is 16. The molecule has 432 valence electrons. The van der Waals surface area contributed by atoms with Crippen molar-refractivity contribution in [2.45, 2.75) is 115 Å². The number of aromatic hydroxyl groups is 1. The largest absolute Gasteiger partial charge is 0.508 e. The summed E-state index contributed by atoms with van der Waals surface area (Å²) in [6.07, 6.45) is 2.94. The van der Waals surface area contributed by atoms with Gasteiger partial charge in [-0.05, 0) is 88.1 Å². The number of aromatic carboxylic acids is 1. The zero-order valence-electron chi connectivity index (χ0n) is 44.4. The van der Waals surface area contributed by atoms with Gasteiger partial charge in [-0.15, -0.1) is 0 Å². The predicted molar refractivity (Wildman–Crippen MR) is 286 cm³/mol. The molecule has 2 heterocycles. The number of aromatic amines is 1. The summed E-state index contributed by atoms with van der Waals surface area (Å²) >= 11 is 0. The highest BCUT2D eigenvalue weighted by molar-refractivity contribution is 6.09. The number of unbranched alkanes of at least 4 members (excludes halogenated alkanes) is 2. The second-order valence-electron chi connectivity index (χ2n) is 18.9. The van der Waals surface area contributed by atoms with Gasteiger partial charge < -0.3 is 78.1 Å². The van der Waals surface area contributed by atoms with Crippen LogP contribution in [0.3, 0.4) is 0 Å². The SMILES string of the molecule is CC(=O)N[C@H](CCCCCNC(=O)c1ccc(C(=O)O)c(-c2c3ccc(=O)cc-3oc3cc(O)ccc23)c1)C(=O)N[C@H](C)C(=O)N[C@H](C)C(=O)N[C@H](C)C(=O)N[C@H](CO)C(=O)N[C@H](Cc1c[nH]cn1)C(=O)N[C@H](CCC(=O)O)C(N)=O. The number of nitrogens with zero attached hydrogens (tertiary/aromatic N) is 1. The van der Waals surface area contributed by atoms with Crippen molar-refractivity contribution < 1.29 is 77.6 Å². The number of carboxylic acid groups (broad SMARTS) is 2. The zero-order valence-corrected chi connectivity index (χ0v) is 44.4. The zero-order chi connectivity index (χ0) is 59.7. The molecule has 0 spiro atoms. The number of phenolic OH excluding ortho intramolecular Hbond substituents is 1. The van der Waals surface area contributed by atoms with Gasteiger partial charge >= 0.3 is 11.9 Å². The van der Waals surface area contributed by atoms with Crippen molar-refractivity contribution in [1.29, 1.82) is 0 Å². The minimum atomic E-state index is -1.69. The van der Waals surface area contributed by atoms with E-state index < -0.39 is 120 Å². The molecular weight excluding hydrogens is 1060 g/mol. The molecule has 7 atom stereocenters. The Bertz CT molecular complexity index is 3200. The van der Waals surface area contributed by atoms with Crippen LogP contribution in [0.2, 0.25) is 0 Å². The third kappa shape index (κ3) is 17.6.